The van der Waals surface area contributed by atoms with Gasteiger partial charge in [0.25, 0.3) is 11.8 Å². The van der Waals surface area contributed by atoms with Crippen molar-refractivity contribution in [1.82, 2.24) is 9.58 Å². The highest BCUT2D eigenvalue weighted by atomic mass is 16.2. The fraction of sp³-hybridized carbons (Fsp3) is 0.375. The number of benzene rings is 1. The average Bonchev–Trinajstić information content (AvgIpc) is 3.47. The molecule has 1 aromatic carbocycles. The second kappa shape index (κ2) is 5.78. The maximum Gasteiger partial charge on any atom is 0.254 e. The molecule has 7 rings (SSSR count). The van der Waals surface area contributed by atoms with Gasteiger partial charge in [0, 0.05) is 28.7 Å². The van der Waals surface area contributed by atoms with Crippen LogP contribution in [0.15, 0.2) is 54.2 Å². The number of allylic oxidation sites excluding steroid dienone is 3. The van der Waals surface area contributed by atoms with E-state index in [1.807, 2.05) is 31.2 Å². The summed E-state index contributed by atoms with van der Waals surface area (Å²) in [6.07, 6.45) is 9.10. The molecule has 29 heavy (non-hydrogen) atoms. The van der Waals surface area contributed by atoms with E-state index in [2.05, 4.69) is 34.5 Å². The van der Waals surface area contributed by atoms with Gasteiger partial charge < -0.3 is 4.57 Å². The van der Waals surface area contributed by atoms with E-state index in [1.165, 1.54) is 6.42 Å². The number of carbonyl (C=O) groups is 2. The zero-order valence-corrected chi connectivity index (χ0v) is 16.4. The SMILES string of the molecule is C=CCn1c(C)c(/C=N\N2C(=O)[C@@H]3[C@@H]4C=C[C@H]([C@H]5C[C@@H]45)[C@@H]3C2=O)c2ccccc21. The van der Waals surface area contributed by atoms with Gasteiger partial charge in [-0.2, -0.15) is 10.1 Å². The number of amides is 2. The Balaban J connectivity index is 1.37. The number of aromatic nitrogens is 1. The lowest BCUT2D eigenvalue weighted by molar-refractivity contribution is -0.140. The molecule has 3 fully saturated rings. The van der Waals surface area contributed by atoms with Crippen LogP contribution < -0.4 is 0 Å². The smallest absolute Gasteiger partial charge is 0.254 e. The number of para-hydroxylation sites is 1. The summed E-state index contributed by atoms with van der Waals surface area (Å²) in [5.74, 6) is 1.01. The highest BCUT2D eigenvalue weighted by Crippen LogP contribution is 2.65. The van der Waals surface area contributed by atoms with Crippen molar-refractivity contribution in [3.05, 3.63) is 60.3 Å². The molecule has 1 aliphatic heterocycles. The fourth-order valence-electron chi connectivity index (χ4n) is 6.16. The summed E-state index contributed by atoms with van der Waals surface area (Å²) in [5.41, 5.74) is 3.10. The van der Waals surface area contributed by atoms with Crippen molar-refractivity contribution in [1.29, 1.82) is 0 Å². The Hall–Kier alpha value is -2.95. The van der Waals surface area contributed by atoms with Crippen LogP contribution in [-0.4, -0.2) is 27.6 Å². The van der Waals surface area contributed by atoms with Crippen LogP contribution in [0.2, 0.25) is 0 Å². The van der Waals surface area contributed by atoms with Crippen molar-refractivity contribution < 1.29 is 9.59 Å². The monoisotopic (exact) mass is 385 g/mol. The second-order valence-corrected chi connectivity index (χ2v) is 8.80. The lowest BCUT2D eigenvalue weighted by atomic mass is 9.63. The van der Waals surface area contributed by atoms with Crippen molar-refractivity contribution in [2.45, 2.75) is 19.9 Å². The lowest BCUT2D eigenvalue weighted by Crippen LogP contribution is -2.40. The van der Waals surface area contributed by atoms with Gasteiger partial charge in [-0.1, -0.05) is 36.4 Å². The Kier molecular flexibility index (Phi) is 3.38. The normalized spacial score (nSPS) is 34.3. The van der Waals surface area contributed by atoms with Crippen LogP contribution in [0.25, 0.3) is 10.9 Å². The van der Waals surface area contributed by atoms with E-state index < -0.39 is 0 Å². The molecule has 146 valence electrons. The van der Waals surface area contributed by atoms with Gasteiger partial charge in [0.05, 0.1) is 18.1 Å². The number of fused-ring (bicyclic) bond motifs is 1. The molecule has 2 aromatic rings. The Bertz CT molecular complexity index is 1100. The highest BCUT2D eigenvalue weighted by Gasteiger charge is 2.67. The minimum Gasteiger partial charge on any atom is -0.340 e. The maximum absolute atomic E-state index is 13.1. The third-order valence-electron chi connectivity index (χ3n) is 7.53. The molecular weight excluding hydrogens is 362 g/mol. The van der Waals surface area contributed by atoms with Gasteiger partial charge in [0.15, 0.2) is 0 Å². The third kappa shape index (κ3) is 2.13. The fourth-order valence-corrected chi connectivity index (χ4v) is 6.16. The first-order valence-corrected chi connectivity index (χ1v) is 10.4. The number of hydrogen-bond donors (Lipinski definition) is 0. The van der Waals surface area contributed by atoms with Crippen LogP contribution in [0.3, 0.4) is 0 Å². The number of hydrazone groups is 1. The van der Waals surface area contributed by atoms with Crippen molar-refractivity contribution >= 4 is 28.9 Å². The van der Waals surface area contributed by atoms with E-state index in [4.69, 9.17) is 0 Å². The molecule has 0 unspecified atom stereocenters. The Morgan fingerprint density at radius 1 is 1.10 bits per heavy atom. The first kappa shape index (κ1) is 17.0. The van der Waals surface area contributed by atoms with E-state index >= 15 is 0 Å². The molecule has 0 N–H and O–H groups in total. The molecule has 0 spiro atoms. The van der Waals surface area contributed by atoms with Crippen molar-refractivity contribution in [2.75, 3.05) is 0 Å². The van der Waals surface area contributed by atoms with Gasteiger partial charge in [-0.3, -0.25) is 9.59 Å². The van der Waals surface area contributed by atoms with Gasteiger partial charge >= 0.3 is 0 Å². The summed E-state index contributed by atoms with van der Waals surface area (Å²) >= 11 is 0. The van der Waals surface area contributed by atoms with Gasteiger partial charge in [-0.05, 0) is 43.1 Å². The molecule has 4 aliphatic carbocycles. The largest absolute Gasteiger partial charge is 0.340 e. The van der Waals surface area contributed by atoms with Crippen LogP contribution >= 0.6 is 0 Å². The van der Waals surface area contributed by atoms with Gasteiger partial charge in [0.2, 0.25) is 0 Å². The average molecular weight is 385 g/mol. The summed E-state index contributed by atoms with van der Waals surface area (Å²) in [6.45, 7) is 6.59. The molecule has 2 bridgehead atoms. The minimum atomic E-state index is -0.207. The molecule has 5 nitrogen and oxygen atoms in total. The highest BCUT2D eigenvalue weighted by molar-refractivity contribution is 6.08. The van der Waals surface area contributed by atoms with E-state index in [0.29, 0.717) is 18.4 Å². The molecule has 6 atom stereocenters. The predicted molar refractivity (Wildman–Crippen MR) is 111 cm³/mol. The summed E-state index contributed by atoms with van der Waals surface area (Å²) in [5, 5.41) is 6.67. The quantitative estimate of drug-likeness (QED) is 0.459. The van der Waals surface area contributed by atoms with Crippen LogP contribution in [-0.2, 0) is 16.1 Å². The van der Waals surface area contributed by atoms with Crippen LogP contribution in [0, 0.1) is 42.4 Å². The Labute approximate surface area is 169 Å². The van der Waals surface area contributed by atoms with Crippen molar-refractivity contribution in [3.63, 3.8) is 0 Å². The molecule has 2 saturated carbocycles. The van der Waals surface area contributed by atoms with Gasteiger partial charge in [-0.25, -0.2) is 0 Å². The standard InChI is InChI=1S/C24H23N3O2/c1-3-10-26-13(2)19(14-6-4-5-7-20(14)26)12-25-27-23(28)21-15-8-9-16(18-11-17(15)18)22(21)24(27)29/h3-9,12,15-18,21-22H,1,10-11H2,2H3/b25-12-/t15-,16-,17-,18+,21+,22-/m1/s1. The molecule has 2 heterocycles. The molecule has 5 heteroatoms. The molecule has 1 saturated heterocycles. The zero-order valence-electron chi connectivity index (χ0n) is 16.4. The first-order valence-electron chi connectivity index (χ1n) is 10.4. The summed E-state index contributed by atoms with van der Waals surface area (Å²) in [4.78, 5) is 26.2. The number of carbonyl (C=O) groups excluding carboxylic acids is 2. The molecule has 5 aliphatic rings. The second-order valence-electron chi connectivity index (χ2n) is 8.80. The first-order chi connectivity index (χ1) is 14.1. The Morgan fingerprint density at radius 2 is 1.76 bits per heavy atom. The van der Waals surface area contributed by atoms with E-state index in [0.717, 1.165) is 27.2 Å². The van der Waals surface area contributed by atoms with E-state index in [1.54, 1.807) is 6.21 Å². The number of imide groups is 1. The maximum atomic E-state index is 13.1. The Morgan fingerprint density at radius 3 is 2.41 bits per heavy atom. The molecular formula is C24H23N3O2. The lowest BCUT2D eigenvalue weighted by Gasteiger charge is -2.37. The topological polar surface area (TPSA) is 54.7 Å². The predicted octanol–water partition coefficient (Wildman–Crippen LogP) is 3.52. The third-order valence-corrected chi connectivity index (χ3v) is 7.53. The van der Waals surface area contributed by atoms with Crippen LogP contribution in [0.4, 0.5) is 0 Å². The zero-order chi connectivity index (χ0) is 19.9. The minimum absolute atomic E-state index is 0.117. The summed E-state index contributed by atoms with van der Waals surface area (Å²) in [7, 11) is 0. The van der Waals surface area contributed by atoms with Crippen LogP contribution in [0.1, 0.15) is 17.7 Å². The van der Waals surface area contributed by atoms with E-state index in [-0.39, 0.29) is 35.5 Å². The van der Waals surface area contributed by atoms with Crippen LogP contribution in [0.5, 0.6) is 0 Å². The number of rotatable bonds is 4. The molecule has 0 radical (unpaired) electrons. The van der Waals surface area contributed by atoms with Gasteiger partial charge in [-0.15, -0.1) is 6.58 Å². The summed E-state index contributed by atoms with van der Waals surface area (Å²) in [6, 6.07) is 8.12. The van der Waals surface area contributed by atoms with Crippen molar-refractivity contribution in [2.24, 2.45) is 40.6 Å². The molecule has 2 amide bonds. The summed E-state index contributed by atoms with van der Waals surface area (Å²) < 4.78 is 2.18. The van der Waals surface area contributed by atoms with E-state index in [9.17, 15) is 9.59 Å². The van der Waals surface area contributed by atoms with Gasteiger partial charge in [0.1, 0.15) is 0 Å². The number of nitrogens with zero attached hydrogens (tertiary/aromatic N) is 3. The molecule has 1 aromatic heterocycles. The van der Waals surface area contributed by atoms with Crippen molar-refractivity contribution in [3.8, 4) is 0 Å². The number of hydrogen-bond acceptors (Lipinski definition) is 3.